The number of amides is 1. The maximum absolute atomic E-state index is 12.8. The van der Waals surface area contributed by atoms with Crippen molar-refractivity contribution >= 4 is 21.6 Å². The SMILES string of the molecule is COc1ccc(S(=O)(=O)N2CCCC2)cc1NC(=O)[C@H](C)Oc1cccc(C)c1. The topological polar surface area (TPSA) is 84.9 Å². The van der Waals surface area contributed by atoms with Crippen molar-refractivity contribution in [1.29, 1.82) is 0 Å². The van der Waals surface area contributed by atoms with Crippen LogP contribution in [0.5, 0.6) is 11.5 Å². The third-order valence-electron chi connectivity index (χ3n) is 4.80. The molecule has 0 aliphatic carbocycles. The van der Waals surface area contributed by atoms with Gasteiger partial charge < -0.3 is 14.8 Å². The quantitative estimate of drug-likeness (QED) is 0.746. The first kappa shape index (κ1) is 21.1. The molecule has 2 aromatic carbocycles. The summed E-state index contributed by atoms with van der Waals surface area (Å²) in [7, 11) is -2.14. The maximum Gasteiger partial charge on any atom is 0.265 e. The summed E-state index contributed by atoms with van der Waals surface area (Å²) >= 11 is 0. The van der Waals surface area contributed by atoms with Crippen LogP contribution in [0.3, 0.4) is 0 Å². The van der Waals surface area contributed by atoms with E-state index in [1.807, 2.05) is 25.1 Å². The molecule has 1 saturated heterocycles. The summed E-state index contributed by atoms with van der Waals surface area (Å²) in [6.45, 7) is 4.60. The van der Waals surface area contributed by atoms with Gasteiger partial charge in [0.05, 0.1) is 17.7 Å². The minimum Gasteiger partial charge on any atom is -0.495 e. The molecule has 3 rings (SSSR count). The second-order valence-electron chi connectivity index (χ2n) is 7.04. The highest BCUT2D eigenvalue weighted by atomic mass is 32.2. The zero-order valence-electron chi connectivity index (χ0n) is 16.8. The van der Waals surface area contributed by atoms with E-state index in [2.05, 4.69) is 5.32 Å². The predicted octanol–water partition coefficient (Wildman–Crippen LogP) is 3.19. The molecule has 2 aromatic rings. The van der Waals surface area contributed by atoms with Gasteiger partial charge in [0, 0.05) is 13.1 Å². The van der Waals surface area contributed by atoms with E-state index in [1.54, 1.807) is 19.1 Å². The molecule has 8 heteroatoms. The number of hydrogen-bond donors (Lipinski definition) is 1. The molecule has 29 heavy (non-hydrogen) atoms. The van der Waals surface area contributed by atoms with E-state index >= 15 is 0 Å². The first-order valence-corrected chi connectivity index (χ1v) is 11.0. The number of aryl methyl sites for hydroxylation is 1. The minimum absolute atomic E-state index is 0.128. The molecule has 1 aliphatic rings. The fourth-order valence-corrected chi connectivity index (χ4v) is 4.75. The molecular weight excluding hydrogens is 392 g/mol. The Hall–Kier alpha value is -2.58. The van der Waals surface area contributed by atoms with Crippen LogP contribution < -0.4 is 14.8 Å². The van der Waals surface area contributed by atoms with Crippen molar-refractivity contribution in [2.75, 3.05) is 25.5 Å². The van der Waals surface area contributed by atoms with Gasteiger partial charge in [-0.05, 0) is 62.6 Å². The summed E-state index contributed by atoms with van der Waals surface area (Å²) < 4.78 is 38.1. The molecular formula is C21H26N2O5S. The number of carbonyl (C=O) groups excluding carboxylic acids is 1. The molecule has 1 heterocycles. The lowest BCUT2D eigenvalue weighted by Crippen LogP contribution is -2.31. The number of rotatable bonds is 7. The van der Waals surface area contributed by atoms with E-state index in [4.69, 9.17) is 9.47 Å². The molecule has 0 spiro atoms. The third-order valence-corrected chi connectivity index (χ3v) is 6.70. The van der Waals surface area contributed by atoms with Crippen molar-refractivity contribution < 1.29 is 22.7 Å². The number of ether oxygens (including phenoxy) is 2. The number of carbonyl (C=O) groups is 1. The number of anilines is 1. The van der Waals surface area contributed by atoms with Gasteiger partial charge in [-0.1, -0.05) is 12.1 Å². The average molecular weight is 419 g/mol. The fourth-order valence-electron chi connectivity index (χ4n) is 3.20. The number of hydrogen-bond acceptors (Lipinski definition) is 5. The first-order chi connectivity index (χ1) is 13.8. The van der Waals surface area contributed by atoms with Gasteiger partial charge >= 0.3 is 0 Å². The maximum atomic E-state index is 12.8. The van der Waals surface area contributed by atoms with E-state index in [1.165, 1.54) is 23.5 Å². The Bertz CT molecular complexity index is 984. The van der Waals surface area contributed by atoms with E-state index < -0.39 is 22.0 Å². The van der Waals surface area contributed by atoms with Crippen molar-refractivity contribution in [2.45, 2.75) is 37.7 Å². The number of nitrogens with one attached hydrogen (secondary N) is 1. The molecule has 1 N–H and O–H groups in total. The second-order valence-corrected chi connectivity index (χ2v) is 8.98. The van der Waals surface area contributed by atoms with Crippen molar-refractivity contribution in [3.8, 4) is 11.5 Å². The molecule has 0 unspecified atom stereocenters. The number of sulfonamides is 1. The Balaban J connectivity index is 1.79. The number of methoxy groups -OCH3 is 1. The van der Waals surface area contributed by atoms with Crippen LogP contribution in [0.25, 0.3) is 0 Å². The minimum atomic E-state index is -3.60. The van der Waals surface area contributed by atoms with Gasteiger partial charge in [0.15, 0.2) is 6.10 Å². The molecule has 156 valence electrons. The second kappa shape index (κ2) is 8.84. The van der Waals surface area contributed by atoms with Crippen LogP contribution in [0.15, 0.2) is 47.4 Å². The van der Waals surface area contributed by atoms with Crippen LogP contribution in [0.1, 0.15) is 25.3 Å². The van der Waals surface area contributed by atoms with Crippen molar-refractivity contribution in [3.63, 3.8) is 0 Å². The largest absolute Gasteiger partial charge is 0.495 e. The van der Waals surface area contributed by atoms with Crippen molar-refractivity contribution in [2.24, 2.45) is 0 Å². The van der Waals surface area contributed by atoms with Crippen molar-refractivity contribution in [1.82, 2.24) is 4.31 Å². The number of benzene rings is 2. The molecule has 1 fully saturated rings. The molecule has 0 saturated carbocycles. The van der Waals surface area contributed by atoms with E-state index in [0.717, 1.165) is 18.4 Å². The van der Waals surface area contributed by atoms with Crippen LogP contribution in [0.2, 0.25) is 0 Å². The zero-order chi connectivity index (χ0) is 21.0. The van der Waals surface area contributed by atoms with Gasteiger partial charge in [-0.3, -0.25) is 4.79 Å². The molecule has 0 radical (unpaired) electrons. The Morgan fingerprint density at radius 3 is 2.52 bits per heavy atom. The normalized spacial score (nSPS) is 15.7. The van der Waals surface area contributed by atoms with Crippen LogP contribution >= 0.6 is 0 Å². The van der Waals surface area contributed by atoms with Crippen LogP contribution in [-0.2, 0) is 14.8 Å². The van der Waals surface area contributed by atoms with E-state index in [0.29, 0.717) is 24.6 Å². The van der Waals surface area contributed by atoms with Gasteiger partial charge in [-0.25, -0.2) is 8.42 Å². The summed E-state index contributed by atoms with van der Waals surface area (Å²) in [6.07, 6.45) is 0.930. The van der Waals surface area contributed by atoms with Crippen LogP contribution in [0.4, 0.5) is 5.69 Å². The van der Waals surface area contributed by atoms with Gasteiger partial charge in [0.1, 0.15) is 11.5 Å². The fraction of sp³-hybridized carbons (Fsp3) is 0.381. The van der Waals surface area contributed by atoms with Gasteiger partial charge in [0.2, 0.25) is 10.0 Å². The van der Waals surface area contributed by atoms with Gasteiger partial charge in [0.25, 0.3) is 5.91 Å². The highest BCUT2D eigenvalue weighted by molar-refractivity contribution is 7.89. The molecule has 0 aromatic heterocycles. The smallest absolute Gasteiger partial charge is 0.265 e. The van der Waals surface area contributed by atoms with Crippen LogP contribution in [0, 0.1) is 6.92 Å². The summed E-state index contributed by atoms with van der Waals surface area (Å²) in [6, 6.07) is 11.9. The summed E-state index contributed by atoms with van der Waals surface area (Å²) in [4.78, 5) is 12.8. The zero-order valence-corrected chi connectivity index (χ0v) is 17.7. The van der Waals surface area contributed by atoms with Gasteiger partial charge in [-0.15, -0.1) is 0 Å². The van der Waals surface area contributed by atoms with E-state index in [-0.39, 0.29) is 10.6 Å². The highest BCUT2D eigenvalue weighted by Gasteiger charge is 2.28. The predicted molar refractivity (Wildman–Crippen MR) is 111 cm³/mol. The van der Waals surface area contributed by atoms with Gasteiger partial charge in [-0.2, -0.15) is 4.31 Å². The van der Waals surface area contributed by atoms with E-state index in [9.17, 15) is 13.2 Å². The molecule has 7 nitrogen and oxygen atoms in total. The molecule has 1 amide bonds. The monoisotopic (exact) mass is 418 g/mol. The summed E-state index contributed by atoms with van der Waals surface area (Å²) in [5.41, 5.74) is 1.31. The summed E-state index contributed by atoms with van der Waals surface area (Å²) in [5, 5.41) is 2.73. The highest BCUT2D eigenvalue weighted by Crippen LogP contribution is 2.30. The Kier molecular flexibility index (Phi) is 6.44. The standard InChI is InChI=1S/C21H26N2O5S/c1-15-7-6-8-17(13-15)28-16(2)21(24)22-19-14-18(9-10-20(19)27-3)29(25,26)23-11-4-5-12-23/h6-10,13-14,16H,4-5,11-12H2,1-3H3,(H,22,24)/t16-/m0/s1. The lowest BCUT2D eigenvalue weighted by Gasteiger charge is -2.19. The lowest BCUT2D eigenvalue weighted by molar-refractivity contribution is -0.122. The van der Waals surface area contributed by atoms with Crippen LogP contribution in [-0.4, -0.2) is 44.9 Å². The molecule has 1 aliphatic heterocycles. The Morgan fingerprint density at radius 2 is 1.86 bits per heavy atom. The Morgan fingerprint density at radius 1 is 1.14 bits per heavy atom. The lowest BCUT2D eigenvalue weighted by atomic mass is 10.2. The van der Waals surface area contributed by atoms with Crippen molar-refractivity contribution in [3.05, 3.63) is 48.0 Å². The summed E-state index contributed by atoms with van der Waals surface area (Å²) in [5.74, 6) is 0.562. The third kappa shape index (κ3) is 4.89. The Labute approximate surface area is 171 Å². The molecule has 1 atom stereocenters. The average Bonchev–Trinajstić information content (AvgIpc) is 3.23. The number of nitrogens with zero attached hydrogens (tertiary/aromatic N) is 1. The molecule has 0 bridgehead atoms. The first-order valence-electron chi connectivity index (χ1n) is 9.53.